The number of phenols is 1. The lowest BCUT2D eigenvalue weighted by atomic mass is 9.99. The molecule has 2 aromatic carbocycles. The summed E-state index contributed by atoms with van der Waals surface area (Å²) >= 11 is 3.34. The van der Waals surface area contributed by atoms with Crippen molar-refractivity contribution >= 4 is 15.9 Å². The van der Waals surface area contributed by atoms with Crippen LogP contribution in [0.4, 0.5) is 0 Å². The van der Waals surface area contributed by atoms with Crippen LogP contribution in [0.2, 0.25) is 0 Å². The second-order valence-electron chi connectivity index (χ2n) is 4.86. The Hall–Kier alpha value is -1.28. The minimum atomic E-state index is 0.286. The SMILES string of the molecule is CC(C)c1ccc(Cc2ccc(O)c(Br)c2)cc1. The Morgan fingerprint density at radius 1 is 1.00 bits per heavy atom. The normalized spacial score (nSPS) is 10.9. The van der Waals surface area contributed by atoms with Gasteiger partial charge in [0.15, 0.2) is 0 Å². The molecule has 0 atom stereocenters. The van der Waals surface area contributed by atoms with Gasteiger partial charge in [-0.2, -0.15) is 0 Å². The van der Waals surface area contributed by atoms with Crippen molar-refractivity contribution in [2.45, 2.75) is 26.2 Å². The van der Waals surface area contributed by atoms with Crippen molar-refractivity contribution < 1.29 is 5.11 Å². The number of hydrogen-bond donors (Lipinski definition) is 1. The maximum Gasteiger partial charge on any atom is 0.129 e. The molecule has 0 heterocycles. The fourth-order valence-corrected chi connectivity index (χ4v) is 2.34. The lowest BCUT2D eigenvalue weighted by Gasteiger charge is -2.07. The Bertz CT molecular complexity index is 529. The van der Waals surface area contributed by atoms with Gasteiger partial charge in [0.1, 0.15) is 5.75 Å². The van der Waals surface area contributed by atoms with Crippen LogP contribution in [0.5, 0.6) is 5.75 Å². The first-order chi connectivity index (χ1) is 8.56. The molecule has 0 fully saturated rings. The smallest absolute Gasteiger partial charge is 0.129 e. The molecular weight excluding hydrogens is 288 g/mol. The zero-order valence-corrected chi connectivity index (χ0v) is 12.2. The molecule has 0 saturated carbocycles. The second-order valence-corrected chi connectivity index (χ2v) is 5.71. The molecule has 0 unspecified atom stereocenters. The minimum Gasteiger partial charge on any atom is -0.507 e. The van der Waals surface area contributed by atoms with Crippen LogP contribution in [0.3, 0.4) is 0 Å². The Morgan fingerprint density at radius 3 is 2.17 bits per heavy atom. The second kappa shape index (κ2) is 5.57. The first kappa shape index (κ1) is 13.2. The van der Waals surface area contributed by atoms with E-state index in [0.717, 1.165) is 10.9 Å². The van der Waals surface area contributed by atoms with Crippen LogP contribution in [-0.4, -0.2) is 5.11 Å². The molecule has 0 bridgehead atoms. The number of benzene rings is 2. The third-order valence-corrected chi connectivity index (χ3v) is 3.70. The van der Waals surface area contributed by atoms with E-state index in [0.29, 0.717) is 5.92 Å². The van der Waals surface area contributed by atoms with E-state index in [4.69, 9.17) is 0 Å². The van der Waals surface area contributed by atoms with E-state index in [1.54, 1.807) is 6.07 Å². The van der Waals surface area contributed by atoms with Crippen molar-refractivity contribution in [3.8, 4) is 5.75 Å². The maximum absolute atomic E-state index is 9.46. The Balaban J connectivity index is 2.15. The highest BCUT2D eigenvalue weighted by Crippen LogP contribution is 2.25. The molecule has 94 valence electrons. The van der Waals surface area contributed by atoms with Gasteiger partial charge in [0.05, 0.1) is 4.47 Å². The Morgan fingerprint density at radius 2 is 1.61 bits per heavy atom. The van der Waals surface area contributed by atoms with Crippen LogP contribution in [0.25, 0.3) is 0 Å². The molecule has 0 aliphatic heterocycles. The predicted octanol–water partition coefficient (Wildman–Crippen LogP) is 4.87. The third kappa shape index (κ3) is 3.14. The number of rotatable bonds is 3. The number of aromatic hydroxyl groups is 1. The third-order valence-electron chi connectivity index (χ3n) is 3.07. The average Bonchev–Trinajstić information content (AvgIpc) is 2.34. The van der Waals surface area contributed by atoms with Crippen LogP contribution in [0.15, 0.2) is 46.9 Å². The van der Waals surface area contributed by atoms with Crippen molar-refractivity contribution in [2.75, 3.05) is 0 Å². The molecule has 0 amide bonds. The van der Waals surface area contributed by atoms with Gasteiger partial charge in [0.2, 0.25) is 0 Å². The predicted molar refractivity (Wildman–Crippen MR) is 79.1 cm³/mol. The number of hydrogen-bond acceptors (Lipinski definition) is 1. The summed E-state index contributed by atoms with van der Waals surface area (Å²) in [6, 6.07) is 14.4. The van der Waals surface area contributed by atoms with E-state index < -0.39 is 0 Å². The van der Waals surface area contributed by atoms with Gasteiger partial charge in [-0.25, -0.2) is 0 Å². The van der Waals surface area contributed by atoms with Crippen LogP contribution < -0.4 is 0 Å². The summed E-state index contributed by atoms with van der Waals surface area (Å²) in [6.45, 7) is 4.40. The molecule has 18 heavy (non-hydrogen) atoms. The summed E-state index contributed by atoms with van der Waals surface area (Å²) in [5.41, 5.74) is 3.85. The van der Waals surface area contributed by atoms with Crippen LogP contribution in [0, 0.1) is 0 Å². The first-order valence-electron chi connectivity index (χ1n) is 6.12. The highest BCUT2D eigenvalue weighted by atomic mass is 79.9. The van der Waals surface area contributed by atoms with Gasteiger partial charge in [-0.15, -0.1) is 0 Å². The summed E-state index contributed by atoms with van der Waals surface area (Å²) < 4.78 is 0.749. The molecule has 1 N–H and O–H groups in total. The minimum absolute atomic E-state index is 0.286. The maximum atomic E-state index is 9.46. The Labute approximate surface area is 117 Å². The van der Waals surface area contributed by atoms with Crippen LogP contribution in [0.1, 0.15) is 36.5 Å². The first-order valence-corrected chi connectivity index (χ1v) is 6.92. The number of phenolic OH excluding ortho intramolecular Hbond substituents is 1. The fourth-order valence-electron chi connectivity index (χ4n) is 1.92. The summed E-state index contributed by atoms with van der Waals surface area (Å²) in [4.78, 5) is 0. The summed E-state index contributed by atoms with van der Waals surface area (Å²) in [7, 11) is 0. The van der Waals surface area contributed by atoms with Gasteiger partial charge < -0.3 is 5.11 Å². The standard InChI is InChI=1S/C16H17BrO/c1-11(2)14-6-3-12(4-7-14)9-13-5-8-16(18)15(17)10-13/h3-8,10-11,18H,9H2,1-2H3. The van der Waals surface area contributed by atoms with E-state index >= 15 is 0 Å². The van der Waals surface area contributed by atoms with E-state index in [1.807, 2.05) is 12.1 Å². The largest absolute Gasteiger partial charge is 0.507 e. The van der Waals surface area contributed by atoms with Crippen molar-refractivity contribution in [2.24, 2.45) is 0 Å². The summed E-state index contributed by atoms with van der Waals surface area (Å²) in [5.74, 6) is 0.857. The molecule has 0 aliphatic carbocycles. The molecule has 0 radical (unpaired) electrons. The molecule has 0 aromatic heterocycles. The molecule has 2 rings (SSSR count). The van der Waals surface area contributed by atoms with Gasteiger partial charge in [0, 0.05) is 0 Å². The van der Waals surface area contributed by atoms with Crippen molar-refractivity contribution in [3.05, 3.63) is 63.6 Å². The number of halogens is 1. The topological polar surface area (TPSA) is 20.2 Å². The van der Waals surface area contributed by atoms with E-state index in [2.05, 4.69) is 54.0 Å². The molecular formula is C16H17BrO. The molecule has 0 saturated heterocycles. The Kier molecular flexibility index (Phi) is 4.07. The molecule has 2 aromatic rings. The van der Waals surface area contributed by atoms with Crippen LogP contribution in [-0.2, 0) is 6.42 Å². The zero-order valence-electron chi connectivity index (χ0n) is 10.7. The van der Waals surface area contributed by atoms with E-state index in [-0.39, 0.29) is 5.75 Å². The monoisotopic (exact) mass is 304 g/mol. The molecule has 0 spiro atoms. The summed E-state index contributed by atoms with van der Waals surface area (Å²) in [6.07, 6.45) is 0.886. The van der Waals surface area contributed by atoms with Crippen molar-refractivity contribution in [1.82, 2.24) is 0 Å². The van der Waals surface area contributed by atoms with E-state index in [1.165, 1.54) is 16.7 Å². The summed E-state index contributed by atoms with van der Waals surface area (Å²) in [5, 5.41) is 9.46. The van der Waals surface area contributed by atoms with Gasteiger partial charge in [-0.1, -0.05) is 44.2 Å². The van der Waals surface area contributed by atoms with Gasteiger partial charge in [-0.3, -0.25) is 0 Å². The molecule has 1 nitrogen and oxygen atoms in total. The average molecular weight is 305 g/mol. The van der Waals surface area contributed by atoms with Crippen molar-refractivity contribution in [1.29, 1.82) is 0 Å². The highest BCUT2D eigenvalue weighted by Gasteiger charge is 2.02. The van der Waals surface area contributed by atoms with E-state index in [9.17, 15) is 5.11 Å². The van der Waals surface area contributed by atoms with Crippen LogP contribution >= 0.6 is 15.9 Å². The zero-order chi connectivity index (χ0) is 13.1. The van der Waals surface area contributed by atoms with Crippen molar-refractivity contribution in [3.63, 3.8) is 0 Å². The lowest BCUT2D eigenvalue weighted by molar-refractivity contribution is 0.471. The fraction of sp³-hybridized carbons (Fsp3) is 0.250. The van der Waals surface area contributed by atoms with Gasteiger partial charge >= 0.3 is 0 Å². The van der Waals surface area contributed by atoms with Gasteiger partial charge in [0.25, 0.3) is 0 Å². The quantitative estimate of drug-likeness (QED) is 0.858. The highest BCUT2D eigenvalue weighted by molar-refractivity contribution is 9.10. The molecule has 2 heteroatoms. The van der Waals surface area contributed by atoms with Gasteiger partial charge in [-0.05, 0) is 57.1 Å². The molecule has 0 aliphatic rings. The lowest BCUT2D eigenvalue weighted by Crippen LogP contribution is -1.91.